The predicted molar refractivity (Wildman–Crippen MR) is 130 cm³/mol. The molecule has 1 aliphatic heterocycles. The summed E-state index contributed by atoms with van der Waals surface area (Å²) < 4.78 is 21.9. The smallest absolute Gasteiger partial charge is 0.251 e. The summed E-state index contributed by atoms with van der Waals surface area (Å²) in [6.45, 7) is 4.59. The predicted octanol–water partition coefficient (Wildman–Crippen LogP) is 3.97. The number of aromatic nitrogens is 2. The molecule has 0 atom stereocenters. The molecule has 0 saturated carbocycles. The normalized spacial score (nSPS) is 14.3. The van der Waals surface area contributed by atoms with Gasteiger partial charge in [0.15, 0.2) is 0 Å². The van der Waals surface area contributed by atoms with E-state index in [9.17, 15) is 9.18 Å². The Balaban J connectivity index is 1.32. The summed E-state index contributed by atoms with van der Waals surface area (Å²) in [5.74, 6) is -0.526. The highest BCUT2D eigenvalue weighted by molar-refractivity contribution is 5.95. The first-order chi connectivity index (χ1) is 16.7. The van der Waals surface area contributed by atoms with E-state index in [0.717, 1.165) is 43.9 Å². The molecule has 174 valence electrons. The first kappa shape index (κ1) is 22.1. The van der Waals surface area contributed by atoms with Crippen molar-refractivity contribution >= 4 is 28.2 Å². The number of benzene rings is 3. The molecular formula is C26H26FN5O2. The number of carbonyl (C=O) groups excluding carboxylic acids is 1. The van der Waals surface area contributed by atoms with Gasteiger partial charge in [-0.25, -0.2) is 9.07 Å². The first-order valence-electron chi connectivity index (χ1n) is 11.4. The van der Waals surface area contributed by atoms with Crippen LogP contribution in [0.4, 0.5) is 15.8 Å². The topological polar surface area (TPSA) is 71.4 Å². The number of ether oxygens (including phenoxy) is 1. The fraction of sp³-hybridized carbons (Fsp3) is 0.231. The monoisotopic (exact) mass is 459 g/mol. The molecule has 1 fully saturated rings. The minimum atomic E-state index is -0.380. The lowest BCUT2D eigenvalue weighted by molar-refractivity contribution is 0.0383. The number of carbonyl (C=O) groups is 1. The number of morpholine rings is 1. The van der Waals surface area contributed by atoms with Crippen LogP contribution in [-0.4, -0.2) is 60.0 Å². The van der Waals surface area contributed by atoms with Crippen molar-refractivity contribution in [2.45, 2.75) is 0 Å². The number of hydrogen-bond acceptors (Lipinski definition) is 5. The fourth-order valence-corrected chi connectivity index (χ4v) is 4.06. The lowest BCUT2D eigenvalue weighted by Gasteiger charge is -2.26. The molecule has 0 radical (unpaired) electrons. The van der Waals surface area contributed by atoms with Crippen molar-refractivity contribution in [2.24, 2.45) is 0 Å². The second-order valence-corrected chi connectivity index (χ2v) is 8.20. The maximum atomic E-state index is 14.9. The van der Waals surface area contributed by atoms with Gasteiger partial charge in [-0.15, -0.1) is 0 Å². The van der Waals surface area contributed by atoms with Crippen molar-refractivity contribution < 1.29 is 13.9 Å². The van der Waals surface area contributed by atoms with Gasteiger partial charge in [0.25, 0.3) is 5.91 Å². The van der Waals surface area contributed by atoms with Crippen molar-refractivity contribution in [1.82, 2.24) is 20.0 Å². The Labute approximate surface area is 197 Å². The number of fused-ring (bicyclic) bond motifs is 1. The molecule has 3 aromatic carbocycles. The molecule has 1 saturated heterocycles. The van der Waals surface area contributed by atoms with Crippen LogP contribution in [0.25, 0.3) is 16.6 Å². The van der Waals surface area contributed by atoms with Crippen LogP contribution in [0.15, 0.2) is 72.9 Å². The average molecular weight is 460 g/mol. The SMILES string of the molecule is O=C(NCCN1CCOCC1)c1cccc(-n2ncc3cc(Nc4ccccc4)c(F)cc32)c1. The van der Waals surface area contributed by atoms with Gasteiger partial charge in [0.05, 0.1) is 36.3 Å². The van der Waals surface area contributed by atoms with Crippen LogP contribution in [-0.2, 0) is 4.74 Å². The first-order valence-corrected chi connectivity index (χ1v) is 11.4. The van der Waals surface area contributed by atoms with Gasteiger partial charge in [-0.1, -0.05) is 24.3 Å². The van der Waals surface area contributed by atoms with Gasteiger partial charge < -0.3 is 15.4 Å². The minimum absolute atomic E-state index is 0.146. The standard InChI is InChI=1S/C26H26FN5O2/c27-23-17-25-20(16-24(23)30-21-6-2-1-3-7-21)18-29-32(25)22-8-4-5-19(15-22)26(33)28-9-10-31-11-13-34-14-12-31/h1-8,15-18,30H,9-14H2,(H,28,33). The summed E-state index contributed by atoms with van der Waals surface area (Å²) in [5.41, 5.74) is 3.04. The van der Waals surface area contributed by atoms with Crippen LogP contribution < -0.4 is 10.6 Å². The molecule has 2 heterocycles. The Morgan fingerprint density at radius 2 is 1.85 bits per heavy atom. The molecule has 1 amide bonds. The van der Waals surface area contributed by atoms with Crippen LogP contribution in [0.2, 0.25) is 0 Å². The molecule has 5 rings (SSSR count). The molecule has 2 N–H and O–H groups in total. The van der Waals surface area contributed by atoms with Crippen LogP contribution in [0, 0.1) is 5.82 Å². The van der Waals surface area contributed by atoms with Crippen molar-refractivity contribution in [2.75, 3.05) is 44.7 Å². The van der Waals surface area contributed by atoms with Crippen LogP contribution in [0.3, 0.4) is 0 Å². The number of nitrogens with zero attached hydrogens (tertiary/aromatic N) is 3. The third kappa shape index (κ3) is 4.93. The lowest BCUT2D eigenvalue weighted by atomic mass is 10.1. The van der Waals surface area contributed by atoms with Gasteiger partial charge in [-0.2, -0.15) is 5.10 Å². The number of para-hydroxylation sites is 1. The molecule has 0 spiro atoms. The summed E-state index contributed by atoms with van der Waals surface area (Å²) in [6.07, 6.45) is 1.69. The van der Waals surface area contributed by atoms with E-state index in [-0.39, 0.29) is 11.7 Å². The molecular weight excluding hydrogens is 433 g/mol. The third-order valence-electron chi connectivity index (χ3n) is 5.88. The Morgan fingerprint density at radius 1 is 1.03 bits per heavy atom. The van der Waals surface area contributed by atoms with Gasteiger partial charge >= 0.3 is 0 Å². The second-order valence-electron chi connectivity index (χ2n) is 8.20. The molecule has 0 bridgehead atoms. The van der Waals surface area contributed by atoms with E-state index in [1.54, 1.807) is 35.1 Å². The number of rotatable bonds is 7. The molecule has 1 aliphatic rings. The van der Waals surface area contributed by atoms with E-state index < -0.39 is 0 Å². The number of hydrogen-bond donors (Lipinski definition) is 2. The molecule has 7 nitrogen and oxygen atoms in total. The Bertz CT molecular complexity index is 1290. The van der Waals surface area contributed by atoms with Crippen molar-refractivity contribution in [1.29, 1.82) is 0 Å². The van der Waals surface area contributed by atoms with Gasteiger partial charge in [0.1, 0.15) is 5.82 Å². The third-order valence-corrected chi connectivity index (χ3v) is 5.88. The zero-order valence-corrected chi connectivity index (χ0v) is 18.7. The van der Waals surface area contributed by atoms with E-state index in [2.05, 4.69) is 20.6 Å². The van der Waals surface area contributed by atoms with Gasteiger partial charge in [-0.3, -0.25) is 9.69 Å². The van der Waals surface area contributed by atoms with Crippen LogP contribution >= 0.6 is 0 Å². The van der Waals surface area contributed by atoms with E-state index in [1.165, 1.54) is 6.07 Å². The van der Waals surface area contributed by atoms with Crippen molar-refractivity contribution in [3.63, 3.8) is 0 Å². The number of anilines is 2. The van der Waals surface area contributed by atoms with E-state index >= 15 is 0 Å². The Hall–Kier alpha value is -3.75. The molecule has 0 unspecified atom stereocenters. The zero-order valence-electron chi connectivity index (χ0n) is 18.7. The van der Waals surface area contributed by atoms with E-state index in [4.69, 9.17) is 4.74 Å². The largest absolute Gasteiger partial charge is 0.379 e. The maximum Gasteiger partial charge on any atom is 0.251 e. The lowest BCUT2D eigenvalue weighted by Crippen LogP contribution is -2.41. The Morgan fingerprint density at radius 3 is 2.68 bits per heavy atom. The summed E-state index contributed by atoms with van der Waals surface area (Å²) in [7, 11) is 0. The quantitative estimate of drug-likeness (QED) is 0.438. The summed E-state index contributed by atoms with van der Waals surface area (Å²) >= 11 is 0. The second kappa shape index (κ2) is 10.0. The maximum absolute atomic E-state index is 14.9. The van der Waals surface area contributed by atoms with Gasteiger partial charge in [0, 0.05) is 48.9 Å². The van der Waals surface area contributed by atoms with E-state index in [1.807, 2.05) is 36.4 Å². The molecule has 0 aliphatic carbocycles. The summed E-state index contributed by atoms with van der Waals surface area (Å²) in [5, 5.41) is 11.3. The van der Waals surface area contributed by atoms with Crippen LogP contribution in [0.1, 0.15) is 10.4 Å². The zero-order chi connectivity index (χ0) is 23.3. The molecule has 1 aromatic heterocycles. The van der Waals surface area contributed by atoms with Crippen LogP contribution in [0.5, 0.6) is 0 Å². The average Bonchev–Trinajstić information content (AvgIpc) is 3.28. The van der Waals surface area contributed by atoms with Crippen molar-refractivity contribution in [3.8, 4) is 5.69 Å². The fourth-order valence-electron chi connectivity index (χ4n) is 4.06. The van der Waals surface area contributed by atoms with Crippen molar-refractivity contribution in [3.05, 3.63) is 84.3 Å². The molecule has 8 heteroatoms. The number of halogens is 1. The highest BCUT2D eigenvalue weighted by atomic mass is 19.1. The Kier molecular flexibility index (Phi) is 6.51. The van der Waals surface area contributed by atoms with E-state index in [0.29, 0.717) is 29.0 Å². The summed E-state index contributed by atoms with van der Waals surface area (Å²) in [4.78, 5) is 15.0. The number of nitrogens with one attached hydrogen (secondary N) is 2. The summed E-state index contributed by atoms with van der Waals surface area (Å²) in [6, 6.07) is 19.8. The number of amides is 1. The minimum Gasteiger partial charge on any atom is -0.379 e. The van der Waals surface area contributed by atoms with Gasteiger partial charge in [-0.05, 0) is 36.4 Å². The van der Waals surface area contributed by atoms with Gasteiger partial charge in [0.2, 0.25) is 0 Å². The molecule has 34 heavy (non-hydrogen) atoms. The molecule has 4 aromatic rings. The highest BCUT2D eigenvalue weighted by Gasteiger charge is 2.14. The highest BCUT2D eigenvalue weighted by Crippen LogP contribution is 2.27.